The molecule has 1 aromatic rings. The van der Waals surface area contributed by atoms with E-state index in [4.69, 9.17) is 0 Å². The third kappa shape index (κ3) is 4.44. The van der Waals surface area contributed by atoms with Crippen molar-refractivity contribution in [3.63, 3.8) is 0 Å². The first kappa shape index (κ1) is 16.8. The van der Waals surface area contributed by atoms with E-state index >= 15 is 0 Å². The lowest BCUT2D eigenvalue weighted by molar-refractivity contribution is 0.223. The van der Waals surface area contributed by atoms with Crippen molar-refractivity contribution in [3.05, 3.63) is 31.8 Å². The van der Waals surface area contributed by atoms with Crippen molar-refractivity contribution in [2.45, 2.75) is 52.0 Å². The Balaban J connectivity index is 2.23. The van der Waals surface area contributed by atoms with Gasteiger partial charge in [0.25, 0.3) is 0 Å². The Hall–Kier alpha value is 0.390. The Labute approximate surface area is 145 Å². The lowest BCUT2D eigenvalue weighted by Crippen LogP contribution is -2.32. The predicted octanol–water partition coefficient (Wildman–Crippen LogP) is 5.92. The van der Waals surface area contributed by atoms with Gasteiger partial charge in [0.1, 0.15) is 0 Å². The summed E-state index contributed by atoms with van der Waals surface area (Å²) in [7, 11) is 0. The van der Waals surface area contributed by atoms with Crippen molar-refractivity contribution < 1.29 is 0 Å². The van der Waals surface area contributed by atoms with Gasteiger partial charge in [0.2, 0.25) is 0 Å². The Morgan fingerprint density at radius 1 is 1.40 bits per heavy atom. The zero-order valence-electron chi connectivity index (χ0n) is 12.5. The molecule has 2 rings (SSSR count). The number of benzene rings is 1. The molecule has 20 heavy (non-hydrogen) atoms. The molecular formula is C17H25BrIN. The Morgan fingerprint density at radius 3 is 2.90 bits per heavy atom. The zero-order valence-corrected chi connectivity index (χ0v) is 16.2. The van der Waals surface area contributed by atoms with Crippen molar-refractivity contribution >= 4 is 38.5 Å². The van der Waals surface area contributed by atoms with Crippen LogP contribution in [-0.4, -0.2) is 6.54 Å². The SMILES string of the molecule is CCCNC(c1cc(I)ccc1Br)C1CCCC(C)C1. The molecule has 3 unspecified atom stereocenters. The van der Waals surface area contributed by atoms with Crippen LogP contribution in [0.1, 0.15) is 57.6 Å². The minimum Gasteiger partial charge on any atom is -0.310 e. The number of hydrogen-bond acceptors (Lipinski definition) is 1. The van der Waals surface area contributed by atoms with Gasteiger partial charge in [-0.15, -0.1) is 0 Å². The summed E-state index contributed by atoms with van der Waals surface area (Å²) in [4.78, 5) is 0. The Morgan fingerprint density at radius 2 is 2.20 bits per heavy atom. The molecule has 0 radical (unpaired) electrons. The molecule has 0 bridgehead atoms. The second-order valence-corrected chi connectivity index (χ2v) is 8.23. The molecule has 1 saturated carbocycles. The molecule has 0 amide bonds. The van der Waals surface area contributed by atoms with Crippen molar-refractivity contribution in [2.75, 3.05) is 6.54 Å². The Bertz CT molecular complexity index is 435. The molecular weight excluding hydrogens is 425 g/mol. The number of hydrogen-bond donors (Lipinski definition) is 1. The third-order valence-electron chi connectivity index (χ3n) is 4.36. The van der Waals surface area contributed by atoms with Gasteiger partial charge in [-0.05, 0) is 84.0 Å². The van der Waals surface area contributed by atoms with Gasteiger partial charge in [-0.1, -0.05) is 42.6 Å². The number of rotatable bonds is 5. The highest BCUT2D eigenvalue weighted by molar-refractivity contribution is 14.1. The van der Waals surface area contributed by atoms with Crippen LogP contribution < -0.4 is 5.32 Å². The molecule has 1 aliphatic rings. The van der Waals surface area contributed by atoms with Crippen LogP contribution in [0, 0.1) is 15.4 Å². The van der Waals surface area contributed by atoms with Gasteiger partial charge in [0.15, 0.2) is 0 Å². The van der Waals surface area contributed by atoms with Crippen molar-refractivity contribution in [3.8, 4) is 0 Å². The van der Waals surface area contributed by atoms with E-state index in [2.05, 4.69) is 75.9 Å². The first-order valence-corrected chi connectivity index (χ1v) is 9.67. The van der Waals surface area contributed by atoms with Crippen LogP contribution in [0.5, 0.6) is 0 Å². The Kier molecular flexibility index (Phi) is 6.82. The summed E-state index contributed by atoms with van der Waals surface area (Å²) in [6.45, 7) is 5.76. The van der Waals surface area contributed by atoms with Gasteiger partial charge in [-0.25, -0.2) is 0 Å². The molecule has 3 heteroatoms. The van der Waals surface area contributed by atoms with Gasteiger partial charge in [0.05, 0.1) is 0 Å². The lowest BCUT2D eigenvalue weighted by atomic mass is 9.76. The molecule has 3 atom stereocenters. The largest absolute Gasteiger partial charge is 0.310 e. The second-order valence-electron chi connectivity index (χ2n) is 6.13. The van der Waals surface area contributed by atoms with E-state index in [1.807, 2.05) is 0 Å². The highest BCUT2D eigenvalue weighted by Crippen LogP contribution is 2.39. The normalized spacial score (nSPS) is 24.6. The summed E-state index contributed by atoms with van der Waals surface area (Å²) in [5.41, 5.74) is 1.45. The predicted molar refractivity (Wildman–Crippen MR) is 99.0 cm³/mol. The standard InChI is InChI=1S/C17H25BrIN/c1-3-9-20-17(13-6-4-5-12(2)10-13)15-11-14(19)7-8-16(15)18/h7-8,11-13,17,20H,3-6,9-10H2,1-2H3. The van der Waals surface area contributed by atoms with E-state index in [1.54, 1.807) is 0 Å². The summed E-state index contributed by atoms with van der Waals surface area (Å²) >= 11 is 6.18. The summed E-state index contributed by atoms with van der Waals surface area (Å²) in [6, 6.07) is 7.22. The van der Waals surface area contributed by atoms with E-state index in [0.29, 0.717) is 6.04 Å². The van der Waals surface area contributed by atoms with Gasteiger partial charge in [0, 0.05) is 14.1 Å². The highest BCUT2D eigenvalue weighted by Gasteiger charge is 2.28. The highest BCUT2D eigenvalue weighted by atomic mass is 127. The topological polar surface area (TPSA) is 12.0 Å². The smallest absolute Gasteiger partial charge is 0.0360 e. The van der Waals surface area contributed by atoms with Gasteiger partial charge in [-0.2, -0.15) is 0 Å². The molecule has 1 fully saturated rings. The summed E-state index contributed by atoms with van der Waals surface area (Å²) in [5, 5.41) is 3.81. The maximum Gasteiger partial charge on any atom is 0.0360 e. The number of nitrogens with one attached hydrogen (secondary N) is 1. The van der Waals surface area contributed by atoms with Crippen LogP contribution in [0.2, 0.25) is 0 Å². The van der Waals surface area contributed by atoms with Crippen molar-refractivity contribution in [1.82, 2.24) is 5.32 Å². The van der Waals surface area contributed by atoms with Gasteiger partial charge in [-0.3, -0.25) is 0 Å². The minimum absolute atomic E-state index is 0.502. The van der Waals surface area contributed by atoms with Crippen LogP contribution in [-0.2, 0) is 0 Å². The van der Waals surface area contributed by atoms with E-state index < -0.39 is 0 Å². The molecule has 1 N–H and O–H groups in total. The number of halogens is 2. The van der Waals surface area contributed by atoms with Crippen LogP contribution in [0.3, 0.4) is 0 Å². The molecule has 0 saturated heterocycles. The van der Waals surface area contributed by atoms with Crippen molar-refractivity contribution in [1.29, 1.82) is 0 Å². The van der Waals surface area contributed by atoms with Crippen LogP contribution in [0.4, 0.5) is 0 Å². The molecule has 1 aromatic carbocycles. The average Bonchev–Trinajstić information content (AvgIpc) is 2.43. The molecule has 112 valence electrons. The maximum atomic E-state index is 3.81. The minimum atomic E-state index is 0.502. The lowest BCUT2D eigenvalue weighted by Gasteiger charge is -2.35. The fourth-order valence-corrected chi connectivity index (χ4v) is 4.38. The quantitative estimate of drug-likeness (QED) is 0.550. The molecule has 0 aliphatic heterocycles. The van der Waals surface area contributed by atoms with Crippen LogP contribution in [0.15, 0.2) is 22.7 Å². The summed E-state index contributed by atoms with van der Waals surface area (Å²) in [6.07, 6.45) is 6.71. The zero-order chi connectivity index (χ0) is 14.5. The summed E-state index contributed by atoms with van der Waals surface area (Å²) < 4.78 is 2.58. The molecule has 0 spiro atoms. The third-order valence-corrected chi connectivity index (χ3v) is 5.75. The summed E-state index contributed by atoms with van der Waals surface area (Å²) in [5.74, 6) is 1.65. The monoisotopic (exact) mass is 449 g/mol. The maximum absolute atomic E-state index is 3.81. The van der Waals surface area contributed by atoms with Crippen LogP contribution in [0.25, 0.3) is 0 Å². The average molecular weight is 450 g/mol. The van der Waals surface area contributed by atoms with Crippen molar-refractivity contribution in [2.24, 2.45) is 11.8 Å². The second kappa shape index (κ2) is 8.14. The van der Waals surface area contributed by atoms with Gasteiger partial charge >= 0.3 is 0 Å². The molecule has 0 aromatic heterocycles. The fourth-order valence-electron chi connectivity index (χ4n) is 3.37. The first-order chi connectivity index (χ1) is 9.61. The van der Waals surface area contributed by atoms with E-state index in [0.717, 1.165) is 18.4 Å². The first-order valence-electron chi connectivity index (χ1n) is 7.80. The molecule has 0 heterocycles. The van der Waals surface area contributed by atoms with E-state index in [9.17, 15) is 0 Å². The van der Waals surface area contributed by atoms with E-state index in [-0.39, 0.29) is 0 Å². The van der Waals surface area contributed by atoms with E-state index in [1.165, 1.54) is 45.7 Å². The molecule has 1 nitrogen and oxygen atoms in total. The van der Waals surface area contributed by atoms with Crippen LogP contribution >= 0.6 is 38.5 Å². The van der Waals surface area contributed by atoms with Gasteiger partial charge < -0.3 is 5.32 Å². The molecule has 1 aliphatic carbocycles. The fraction of sp³-hybridized carbons (Fsp3) is 0.647.